The second-order valence-electron chi connectivity index (χ2n) is 15.5. The van der Waals surface area contributed by atoms with Crippen LogP contribution in [0.15, 0.2) is 227 Å². The van der Waals surface area contributed by atoms with Gasteiger partial charge in [0.1, 0.15) is 16.7 Å². The first kappa shape index (κ1) is 34.8. The van der Waals surface area contributed by atoms with Gasteiger partial charge in [0.05, 0.1) is 5.69 Å². The lowest BCUT2D eigenvalue weighted by Crippen LogP contribution is -2.11. The van der Waals surface area contributed by atoms with Crippen LogP contribution in [0.3, 0.4) is 0 Å². The summed E-state index contributed by atoms with van der Waals surface area (Å²) in [6, 6.07) is 77.3. The minimum atomic E-state index is 0.625. The molecule has 2 heterocycles. The Bertz CT molecular complexity index is 3590. The lowest BCUT2D eigenvalue weighted by Gasteiger charge is -2.29. The molecule has 0 radical (unpaired) electrons. The first-order valence-electron chi connectivity index (χ1n) is 20.6. The molecule has 0 N–H and O–H groups in total. The van der Waals surface area contributed by atoms with Crippen LogP contribution in [0.25, 0.3) is 99.4 Å². The van der Waals surface area contributed by atoms with Crippen LogP contribution in [0.5, 0.6) is 0 Å². The second kappa shape index (κ2) is 14.3. The number of fused-ring (bicyclic) bond motifs is 8. The molecule has 0 aliphatic carbocycles. The van der Waals surface area contributed by atoms with Crippen LogP contribution in [-0.4, -0.2) is 4.98 Å². The maximum Gasteiger partial charge on any atom is 0.227 e. The summed E-state index contributed by atoms with van der Waals surface area (Å²) in [7, 11) is 0. The van der Waals surface area contributed by atoms with Gasteiger partial charge < -0.3 is 13.7 Å². The van der Waals surface area contributed by atoms with Crippen molar-refractivity contribution in [2.45, 2.75) is 0 Å². The van der Waals surface area contributed by atoms with Crippen molar-refractivity contribution >= 4 is 71.6 Å². The first-order chi connectivity index (χ1) is 30.2. The lowest BCUT2D eigenvalue weighted by atomic mass is 9.94. The molecule has 0 amide bonds. The zero-order valence-electron chi connectivity index (χ0n) is 33.0. The highest BCUT2D eigenvalue weighted by molar-refractivity contribution is 6.18. The number of para-hydroxylation sites is 2. The summed E-state index contributed by atoms with van der Waals surface area (Å²) in [4.78, 5) is 7.30. The molecule has 0 saturated carbocycles. The van der Waals surface area contributed by atoms with Crippen molar-refractivity contribution in [1.82, 2.24) is 4.98 Å². The van der Waals surface area contributed by atoms with Crippen molar-refractivity contribution < 1.29 is 8.83 Å². The number of hydrogen-bond donors (Lipinski definition) is 0. The largest absolute Gasteiger partial charge is 0.456 e. The number of nitrogens with zero attached hydrogens (tertiary/aromatic N) is 2. The molecule has 12 rings (SSSR count). The van der Waals surface area contributed by atoms with Crippen molar-refractivity contribution in [3.05, 3.63) is 218 Å². The maximum atomic E-state index is 6.55. The van der Waals surface area contributed by atoms with E-state index in [0.717, 1.165) is 111 Å². The summed E-state index contributed by atoms with van der Waals surface area (Å²) >= 11 is 0. The van der Waals surface area contributed by atoms with Gasteiger partial charge in [-0.05, 0) is 117 Å². The normalized spacial score (nSPS) is 11.6. The van der Waals surface area contributed by atoms with E-state index in [9.17, 15) is 0 Å². The molecule has 4 nitrogen and oxygen atoms in total. The highest BCUT2D eigenvalue weighted by Crippen LogP contribution is 2.45. The molecule has 61 heavy (non-hydrogen) atoms. The fourth-order valence-corrected chi connectivity index (χ4v) is 8.93. The predicted molar refractivity (Wildman–Crippen MR) is 253 cm³/mol. The van der Waals surface area contributed by atoms with Gasteiger partial charge in [0.15, 0.2) is 5.58 Å². The lowest BCUT2D eigenvalue weighted by molar-refractivity contribution is 0.623. The molecule has 0 unspecified atom stereocenters. The van der Waals surface area contributed by atoms with Crippen LogP contribution < -0.4 is 4.90 Å². The Morgan fingerprint density at radius 2 is 1.02 bits per heavy atom. The van der Waals surface area contributed by atoms with E-state index in [1.807, 2.05) is 42.5 Å². The summed E-state index contributed by atoms with van der Waals surface area (Å²) in [6.07, 6.45) is 0. The number of oxazole rings is 1. The molecule has 2 aromatic heterocycles. The summed E-state index contributed by atoms with van der Waals surface area (Å²) in [5.74, 6) is 0.625. The van der Waals surface area contributed by atoms with Gasteiger partial charge in [-0.2, -0.15) is 0 Å². The molecule has 0 aliphatic rings. The third kappa shape index (κ3) is 6.04. The highest BCUT2D eigenvalue weighted by Gasteiger charge is 2.21. The molecular weight excluding hydrogens is 745 g/mol. The number of rotatable bonds is 7. The second-order valence-corrected chi connectivity index (χ2v) is 15.5. The number of anilines is 3. The fraction of sp³-hybridized carbons (Fsp3) is 0. The van der Waals surface area contributed by atoms with E-state index in [0.29, 0.717) is 5.89 Å². The van der Waals surface area contributed by atoms with E-state index in [2.05, 4.69) is 181 Å². The Labute approximate surface area is 352 Å². The minimum absolute atomic E-state index is 0.625. The van der Waals surface area contributed by atoms with E-state index >= 15 is 0 Å². The number of aromatic nitrogens is 1. The average Bonchev–Trinajstić information content (AvgIpc) is 3.94. The molecule has 0 aliphatic heterocycles. The van der Waals surface area contributed by atoms with Crippen molar-refractivity contribution in [3.63, 3.8) is 0 Å². The third-order valence-corrected chi connectivity index (χ3v) is 11.8. The number of furan rings is 1. The summed E-state index contributed by atoms with van der Waals surface area (Å²) in [6.45, 7) is 0. The first-order valence-corrected chi connectivity index (χ1v) is 20.6. The van der Waals surface area contributed by atoms with Crippen molar-refractivity contribution in [2.24, 2.45) is 0 Å². The van der Waals surface area contributed by atoms with Crippen LogP contribution in [0.4, 0.5) is 17.1 Å². The van der Waals surface area contributed by atoms with E-state index in [-0.39, 0.29) is 0 Å². The van der Waals surface area contributed by atoms with Gasteiger partial charge in [0.25, 0.3) is 0 Å². The van der Waals surface area contributed by atoms with Gasteiger partial charge in [-0.25, -0.2) is 4.98 Å². The molecule has 0 saturated heterocycles. The van der Waals surface area contributed by atoms with E-state index in [1.54, 1.807) is 0 Å². The van der Waals surface area contributed by atoms with Crippen LogP contribution in [0, 0.1) is 0 Å². The maximum absolute atomic E-state index is 6.55. The zero-order valence-corrected chi connectivity index (χ0v) is 33.0. The van der Waals surface area contributed by atoms with Crippen molar-refractivity contribution in [2.75, 3.05) is 4.90 Å². The summed E-state index contributed by atoms with van der Waals surface area (Å²) in [5.41, 5.74) is 14.3. The van der Waals surface area contributed by atoms with Gasteiger partial charge in [0, 0.05) is 38.7 Å². The van der Waals surface area contributed by atoms with E-state index in [1.165, 1.54) is 0 Å². The van der Waals surface area contributed by atoms with Gasteiger partial charge in [-0.15, -0.1) is 0 Å². The third-order valence-electron chi connectivity index (χ3n) is 11.8. The smallest absolute Gasteiger partial charge is 0.227 e. The minimum Gasteiger partial charge on any atom is -0.456 e. The summed E-state index contributed by atoms with van der Waals surface area (Å²) < 4.78 is 12.9. The standard InChI is InChI=1S/C57H36N2O2/c1-4-14-37(15-5-1)43-33-44(41-26-29-48-42(32-41)25-24-39-27-30-51-56(55(39)48)61-57(58-51)40-18-8-3-9-19-40)35-46(34-43)59(52-22-12-10-20-47(52)38-16-6-2-7-17-38)45-28-31-54-50(36-45)49-21-11-13-23-53(49)60-54/h1-36H. The van der Waals surface area contributed by atoms with Crippen molar-refractivity contribution in [3.8, 4) is 44.8 Å². The van der Waals surface area contributed by atoms with Crippen LogP contribution >= 0.6 is 0 Å². The summed E-state index contributed by atoms with van der Waals surface area (Å²) in [5, 5.41) is 6.62. The highest BCUT2D eigenvalue weighted by atomic mass is 16.3. The van der Waals surface area contributed by atoms with Gasteiger partial charge in [0.2, 0.25) is 5.89 Å². The Hall–Kier alpha value is -8.21. The quantitative estimate of drug-likeness (QED) is 0.151. The number of hydrogen-bond acceptors (Lipinski definition) is 4. The number of benzene rings is 10. The van der Waals surface area contributed by atoms with Crippen LogP contribution in [-0.2, 0) is 0 Å². The molecule has 12 aromatic rings. The monoisotopic (exact) mass is 780 g/mol. The van der Waals surface area contributed by atoms with Crippen LogP contribution in [0.1, 0.15) is 0 Å². The fourth-order valence-electron chi connectivity index (χ4n) is 8.93. The molecule has 0 bridgehead atoms. The molecule has 286 valence electrons. The topological polar surface area (TPSA) is 42.4 Å². The van der Waals surface area contributed by atoms with Gasteiger partial charge in [-0.1, -0.05) is 146 Å². The Morgan fingerprint density at radius 1 is 0.361 bits per heavy atom. The molecular formula is C57H36N2O2. The molecule has 0 spiro atoms. The van der Waals surface area contributed by atoms with Crippen LogP contribution in [0.2, 0.25) is 0 Å². The van der Waals surface area contributed by atoms with Gasteiger partial charge >= 0.3 is 0 Å². The Balaban J connectivity index is 1.08. The average molecular weight is 781 g/mol. The molecule has 0 atom stereocenters. The Morgan fingerprint density at radius 3 is 1.84 bits per heavy atom. The zero-order chi connectivity index (χ0) is 40.3. The van der Waals surface area contributed by atoms with E-state index < -0.39 is 0 Å². The van der Waals surface area contributed by atoms with E-state index in [4.69, 9.17) is 13.8 Å². The molecule has 0 fully saturated rings. The predicted octanol–water partition coefficient (Wildman–Crippen LogP) is 16.2. The Kier molecular flexibility index (Phi) is 8.13. The van der Waals surface area contributed by atoms with Gasteiger partial charge in [-0.3, -0.25) is 0 Å². The molecule has 4 heteroatoms. The molecule has 10 aromatic carbocycles. The SMILES string of the molecule is c1ccc(-c2cc(-c3ccc4c(ccc5ccc6nc(-c7ccccc7)oc6c54)c3)cc(N(c3ccc4oc5ccccc5c4c3)c3ccccc3-c3ccccc3)c2)cc1. The van der Waals surface area contributed by atoms with Crippen molar-refractivity contribution in [1.29, 1.82) is 0 Å².